The monoisotopic (exact) mass is 569 g/mol. The highest BCUT2D eigenvalue weighted by molar-refractivity contribution is 5.73. The van der Waals surface area contributed by atoms with Crippen LogP contribution in [0.2, 0.25) is 0 Å². The molecular formula is C24H33F6N5O4. The van der Waals surface area contributed by atoms with Crippen molar-refractivity contribution < 1.29 is 46.1 Å². The van der Waals surface area contributed by atoms with E-state index in [-0.39, 0.29) is 0 Å². The van der Waals surface area contributed by atoms with E-state index < -0.39 is 24.3 Å². The Bertz CT molecular complexity index is 996. The van der Waals surface area contributed by atoms with Gasteiger partial charge in [-0.3, -0.25) is 4.90 Å². The molecule has 0 saturated carbocycles. The van der Waals surface area contributed by atoms with Crippen LogP contribution in [0.3, 0.4) is 0 Å². The van der Waals surface area contributed by atoms with Crippen molar-refractivity contribution in [3.05, 3.63) is 41.7 Å². The number of piperazine rings is 1. The second-order valence-corrected chi connectivity index (χ2v) is 8.90. The SMILES string of the molecule is Cc1[nH]c(-c2ccccc2)nc1CN1CCN(CCCN(C)C)CC1.O=C(O)C(F)(F)F.O=C(O)C(F)(F)F. The van der Waals surface area contributed by atoms with Crippen LogP contribution in [0.5, 0.6) is 0 Å². The number of benzene rings is 1. The van der Waals surface area contributed by atoms with Crippen LogP contribution in [0.25, 0.3) is 11.4 Å². The molecule has 15 heteroatoms. The lowest BCUT2D eigenvalue weighted by Gasteiger charge is -2.34. The van der Waals surface area contributed by atoms with E-state index in [0.29, 0.717) is 0 Å². The van der Waals surface area contributed by atoms with Gasteiger partial charge in [-0.25, -0.2) is 14.6 Å². The summed E-state index contributed by atoms with van der Waals surface area (Å²) in [6, 6.07) is 10.4. The molecule has 1 aromatic carbocycles. The van der Waals surface area contributed by atoms with Crippen LogP contribution >= 0.6 is 0 Å². The number of imidazole rings is 1. The molecule has 1 fully saturated rings. The molecular weight excluding hydrogens is 536 g/mol. The summed E-state index contributed by atoms with van der Waals surface area (Å²) in [5.74, 6) is -4.53. The number of aryl methyl sites for hydroxylation is 1. The molecule has 0 amide bonds. The number of nitrogens with zero attached hydrogens (tertiary/aromatic N) is 4. The van der Waals surface area contributed by atoms with Crippen molar-refractivity contribution in [2.75, 3.05) is 53.4 Å². The Morgan fingerprint density at radius 2 is 1.38 bits per heavy atom. The van der Waals surface area contributed by atoms with E-state index in [4.69, 9.17) is 24.8 Å². The number of rotatable bonds is 7. The summed E-state index contributed by atoms with van der Waals surface area (Å²) in [5.41, 5.74) is 3.52. The first-order valence-electron chi connectivity index (χ1n) is 11.8. The minimum Gasteiger partial charge on any atom is -0.475 e. The van der Waals surface area contributed by atoms with E-state index in [2.05, 4.69) is 65.0 Å². The minimum absolute atomic E-state index is 0.945. The zero-order chi connectivity index (χ0) is 29.8. The van der Waals surface area contributed by atoms with Crippen LogP contribution in [0.1, 0.15) is 17.8 Å². The molecule has 1 aliphatic rings. The summed E-state index contributed by atoms with van der Waals surface area (Å²) < 4.78 is 63.5. The highest BCUT2D eigenvalue weighted by Crippen LogP contribution is 2.19. The van der Waals surface area contributed by atoms with Gasteiger partial charge in [-0.05, 0) is 40.5 Å². The van der Waals surface area contributed by atoms with Crippen LogP contribution in [-0.4, -0.2) is 113 Å². The van der Waals surface area contributed by atoms with Gasteiger partial charge in [0, 0.05) is 44.0 Å². The van der Waals surface area contributed by atoms with Gasteiger partial charge in [0.15, 0.2) is 0 Å². The molecule has 0 radical (unpaired) electrons. The van der Waals surface area contributed by atoms with Crippen molar-refractivity contribution in [2.45, 2.75) is 32.2 Å². The lowest BCUT2D eigenvalue weighted by atomic mass is 10.2. The van der Waals surface area contributed by atoms with E-state index in [1.54, 1.807) is 0 Å². The number of hydrogen-bond acceptors (Lipinski definition) is 6. The molecule has 0 spiro atoms. The maximum absolute atomic E-state index is 10.6. The average molecular weight is 570 g/mol. The number of alkyl halides is 6. The third-order valence-electron chi connectivity index (χ3n) is 5.44. The molecule has 1 aliphatic heterocycles. The largest absolute Gasteiger partial charge is 0.490 e. The lowest BCUT2D eigenvalue weighted by Crippen LogP contribution is -2.46. The number of aliphatic carboxylic acids is 2. The van der Waals surface area contributed by atoms with Gasteiger partial charge in [-0.1, -0.05) is 30.3 Å². The number of aromatic amines is 1. The number of hydrogen-bond donors (Lipinski definition) is 3. The second kappa shape index (κ2) is 15.4. The molecule has 220 valence electrons. The first-order chi connectivity index (χ1) is 18.0. The van der Waals surface area contributed by atoms with Crippen LogP contribution in [-0.2, 0) is 16.1 Å². The molecule has 2 aromatic rings. The third-order valence-corrected chi connectivity index (χ3v) is 5.44. The number of nitrogens with one attached hydrogen (secondary N) is 1. The molecule has 0 unspecified atom stereocenters. The normalized spacial score (nSPS) is 14.7. The van der Waals surface area contributed by atoms with Crippen molar-refractivity contribution in [1.29, 1.82) is 0 Å². The smallest absolute Gasteiger partial charge is 0.475 e. The molecule has 1 saturated heterocycles. The first-order valence-corrected chi connectivity index (χ1v) is 11.8. The topological polar surface area (TPSA) is 113 Å². The Balaban J connectivity index is 0.000000449. The number of aromatic nitrogens is 2. The fourth-order valence-electron chi connectivity index (χ4n) is 3.38. The zero-order valence-electron chi connectivity index (χ0n) is 21.8. The number of H-pyrrole nitrogens is 1. The van der Waals surface area contributed by atoms with Gasteiger partial charge in [0.1, 0.15) is 5.82 Å². The number of carbonyl (C=O) groups is 2. The van der Waals surface area contributed by atoms with Crippen molar-refractivity contribution in [1.82, 2.24) is 24.7 Å². The Kier molecular flexibility index (Phi) is 13.4. The number of carboxylic acid groups (broad SMARTS) is 2. The summed E-state index contributed by atoms with van der Waals surface area (Å²) in [6.45, 7) is 10.1. The van der Waals surface area contributed by atoms with E-state index in [0.717, 1.165) is 31.0 Å². The maximum atomic E-state index is 10.6. The molecule has 1 aromatic heterocycles. The van der Waals surface area contributed by atoms with Gasteiger partial charge in [0.25, 0.3) is 0 Å². The second-order valence-electron chi connectivity index (χ2n) is 8.90. The van der Waals surface area contributed by atoms with Crippen molar-refractivity contribution in [3.8, 4) is 11.4 Å². The van der Waals surface area contributed by atoms with Gasteiger partial charge < -0.3 is 25.0 Å². The Labute approximate surface area is 222 Å². The van der Waals surface area contributed by atoms with Gasteiger partial charge in [-0.15, -0.1) is 0 Å². The Morgan fingerprint density at radius 3 is 1.82 bits per heavy atom. The minimum atomic E-state index is -5.08. The number of carboxylic acids is 2. The van der Waals surface area contributed by atoms with Crippen molar-refractivity contribution in [3.63, 3.8) is 0 Å². The van der Waals surface area contributed by atoms with Gasteiger partial charge in [0.2, 0.25) is 0 Å². The van der Waals surface area contributed by atoms with Crippen LogP contribution in [0.15, 0.2) is 30.3 Å². The first kappa shape index (κ1) is 33.9. The maximum Gasteiger partial charge on any atom is 0.490 e. The van der Waals surface area contributed by atoms with E-state index in [1.165, 1.54) is 44.0 Å². The molecule has 3 rings (SSSR count). The quantitative estimate of drug-likeness (QED) is 0.433. The highest BCUT2D eigenvalue weighted by atomic mass is 19.4. The van der Waals surface area contributed by atoms with Gasteiger partial charge in [-0.2, -0.15) is 26.3 Å². The summed E-state index contributed by atoms with van der Waals surface area (Å²) in [4.78, 5) is 33.5. The predicted octanol–water partition coefficient (Wildman–Crippen LogP) is 3.72. The molecule has 3 N–H and O–H groups in total. The molecule has 39 heavy (non-hydrogen) atoms. The van der Waals surface area contributed by atoms with E-state index >= 15 is 0 Å². The van der Waals surface area contributed by atoms with Crippen LogP contribution in [0, 0.1) is 6.92 Å². The molecule has 0 atom stereocenters. The van der Waals surface area contributed by atoms with Gasteiger partial charge >= 0.3 is 24.3 Å². The molecule has 0 aliphatic carbocycles. The van der Waals surface area contributed by atoms with Crippen LogP contribution < -0.4 is 0 Å². The Hall–Kier alpha value is -3.17. The highest BCUT2D eigenvalue weighted by Gasteiger charge is 2.38. The Morgan fingerprint density at radius 1 is 0.923 bits per heavy atom. The summed E-state index contributed by atoms with van der Waals surface area (Å²) in [6.07, 6.45) is -8.91. The standard InChI is InChI=1S/C20H31N5.2C2HF3O2/c1-17-19(22-20(21-17)18-8-5-4-6-9-18)16-25-14-12-24(13-15-25)11-7-10-23(2)3;2*3-2(4,5)1(6)7/h4-6,8-9H,7,10-16H2,1-3H3,(H,21,22);2*(H,6,7). The summed E-state index contributed by atoms with van der Waals surface area (Å²) in [5, 5.41) is 14.2. The predicted molar refractivity (Wildman–Crippen MR) is 131 cm³/mol. The fraction of sp³-hybridized carbons (Fsp3) is 0.542. The zero-order valence-corrected chi connectivity index (χ0v) is 21.8. The fourth-order valence-corrected chi connectivity index (χ4v) is 3.38. The van der Waals surface area contributed by atoms with E-state index in [9.17, 15) is 26.3 Å². The molecule has 9 nitrogen and oxygen atoms in total. The third kappa shape index (κ3) is 13.5. The van der Waals surface area contributed by atoms with Crippen molar-refractivity contribution >= 4 is 11.9 Å². The lowest BCUT2D eigenvalue weighted by molar-refractivity contribution is -0.193. The summed E-state index contributed by atoms with van der Waals surface area (Å²) >= 11 is 0. The number of halogens is 6. The van der Waals surface area contributed by atoms with Crippen LogP contribution in [0.4, 0.5) is 26.3 Å². The van der Waals surface area contributed by atoms with Gasteiger partial charge in [0.05, 0.1) is 5.69 Å². The average Bonchev–Trinajstić information content (AvgIpc) is 3.20. The molecule has 0 bridgehead atoms. The molecule has 2 heterocycles. The van der Waals surface area contributed by atoms with Crippen molar-refractivity contribution in [2.24, 2.45) is 0 Å². The summed E-state index contributed by atoms with van der Waals surface area (Å²) in [7, 11) is 4.29. The van der Waals surface area contributed by atoms with E-state index in [1.807, 2.05) is 6.07 Å².